The van der Waals surface area contributed by atoms with E-state index in [9.17, 15) is 0 Å². The van der Waals surface area contributed by atoms with Crippen molar-refractivity contribution in [2.24, 2.45) is 4.99 Å². The van der Waals surface area contributed by atoms with E-state index in [4.69, 9.17) is 9.41 Å². The van der Waals surface area contributed by atoms with Crippen LogP contribution in [0.5, 0.6) is 0 Å². The molecule has 27 heavy (non-hydrogen) atoms. The normalized spacial score (nSPS) is 11.3. The summed E-state index contributed by atoms with van der Waals surface area (Å²) in [5.41, 5.74) is 1.13. The Balaban J connectivity index is 0.00000261. The van der Waals surface area contributed by atoms with Crippen LogP contribution in [0.4, 0.5) is 0 Å². The molecule has 0 amide bonds. The first-order valence-electron chi connectivity index (χ1n) is 8.70. The maximum Gasteiger partial charge on any atom is 0.191 e. The molecule has 0 saturated heterocycles. The van der Waals surface area contributed by atoms with Crippen LogP contribution in [-0.4, -0.2) is 24.0 Å². The van der Waals surface area contributed by atoms with Crippen LogP contribution in [0.25, 0.3) is 0 Å². The minimum absolute atomic E-state index is 0. The number of halogens is 1. The fraction of sp³-hybridized carbons (Fsp3) is 0.368. The second-order valence-corrected chi connectivity index (χ2v) is 8.25. The second kappa shape index (κ2) is 11.5. The molecule has 0 aliphatic heterocycles. The van der Waals surface area contributed by atoms with Crippen LogP contribution >= 0.6 is 46.7 Å². The summed E-state index contributed by atoms with van der Waals surface area (Å²) < 4.78 is 5.38. The van der Waals surface area contributed by atoms with Crippen molar-refractivity contribution in [2.45, 2.75) is 33.2 Å². The van der Waals surface area contributed by atoms with Crippen molar-refractivity contribution in [1.29, 1.82) is 0 Å². The number of aromatic nitrogens is 1. The number of guanidine groups is 1. The fourth-order valence-corrected chi connectivity index (χ4v) is 3.99. The third kappa shape index (κ3) is 7.27. The first-order chi connectivity index (χ1) is 12.7. The molecule has 0 radical (unpaired) electrons. The topological polar surface area (TPSA) is 62.5 Å². The van der Waals surface area contributed by atoms with E-state index in [1.807, 2.05) is 12.1 Å². The van der Waals surface area contributed by atoms with E-state index < -0.39 is 0 Å². The highest BCUT2D eigenvalue weighted by atomic mass is 127. The molecule has 146 valence electrons. The van der Waals surface area contributed by atoms with E-state index >= 15 is 0 Å². The highest BCUT2D eigenvalue weighted by Gasteiger charge is 2.05. The minimum atomic E-state index is 0. The zero-order chi connectivity index (χ0) is 18.2. The third-order valence-corrected chi connectivity index (χ3v) is 5.91. The Labute approximate surface area is 185 Å². The molecule has 3 aromatic heterocycles. The van der Waals surface area contributed by atoms with E-state index in [1.54, 1.807) is 28.9 Å². The fourth-order valence-electron chi connectivity index (χ4n) is 2.43. The molecule has 0 spiro atoms. The Kier molecular flexibility index (Phi) is 9.29. The SMILES string of the molecule is Cc1nc(CCNC(=NCc2cccs2)NCCc2ccco2)sc1C.I. The van der Waals surface area contributed by atoms with Gasteiger partial charge in [0.2, 0.25) is 0 Å². The van der Waals surface area contributed by atoms with Gasteiger partial charge >= 0.3 is 0 Å². The molecule has 0 unspecified atom stereocenters. The molecule has 3 rings (SSSR count). The van der Waals surface area contributed by atoms with Gasteiger partial charge in [0.05, 0.1) is 23.5 Å². The van der Waals surface area contributed by atoms with Gasteiger partial charge in [0.1, 0.15) is 5.76 Å². The van der Waals surface area contributed by atoms with Gasteiger partial charge in [0, 0.05) is 35.7 Å². The number of aryl methyl sites for hydroxylation is 2. The molecule has 0 fully saturated rings. The molecular formula is C19H25IN4OS2. The molecule has 0 atom stereocenters. The summed E-state index contributed by atoms with van der Waals surface area (Å²) in [6.45, 7) is 6.45. The maximum absolute atomic E-state index is 5.38. The number of thiazole rings is 1. The number of hydrogen-bond donors (Lipinski definition) is 2. The Morgan fingerprint density at radius 3 is 2.59 bits per heavy atom. The summed E-state index contributed by atoms with van der Waals surface area (Å²) in [5.74, 6) is 1.80. The van der Waals surface area contributed by atoms with Crippen molar-refractivity contribution >= 4 is 52.6 Å². The standard InChI is InChI=1S/C19H24N4OS2.HI/c1-14-15(2)26-18(23-14)8-10-21-19(22-13-17-6-4-12-25-17)20-9-7-16-5-3-11-24-16;/h3-6,11-12H,7-10,13H2,1-2H3,(H2,20,21,22);1H. The van der Waals surface area contributed by atoms with Gasteiger partial charge in [-0.15, -0.1) is 46.7 Å². The Morgan fingerprint density at radius 2 is 1.96 bits per heavy atom. The molecule has 5 nitrogen and oxygen atoms in total. The number of nitrogens with one attached hydrogen (secondary N) is 2. The van der Waals surface area contributed by atoms with Gasteiger partial charge in [-0.3, -0.25) is 0 Å². The van der Waals surface area contributed by atoms with Crippen LogP contribution in [0.15, 0.2) is 45.3 Å². The number of thiophene rings is 1. The van der Waals surface area contributed by atoms with Crippen LogP contribution in [0.1, 0.15) is 26.2 Å². The predicted molar refractivity (Wildman–Crippen MR) is 125 cm³/mol. The van der Waals surface area contributed by atoms with Gasteiger partial charge in [0.15, 0.2) is 5.96 Å². The number of rotatable bonds is 8. The van der Waals surface area contributed by atoms with Crippen LogP contribution in [0, 0.1) is 13.8 Å². The van der Waals surface area contributed by atoms with E-state index in [0.717, 1.165) is 43.3 Å². The van der Waals surface area contributed by atoms with E-state index in [2.05, 4.69) is 47.0 Å². The molecule has 0 aliphatic rings. The molecule has 2 N–H and O–H groups in total. The lowest BCUT2D eigenvalue weighted by molar-refractivity contribution is 0.506. The van der Waals surface area contributed by atoms with Crippen LogP contribution in [0.3, 0.4) is 0 Å². The monoisotopic (exact) mass is 516 g/mol. The molecular weight excluding hydrogens is 491 g/mol. The molecule has 3 aromatic rings. The third-order valence-electron chi connectivity index (χ3n) is 3.92. The molecule has 0 bridgehead atoms. The van der Waals surface area contributed by atoms with Crippen molar-refractivity contribution in [1.82, 2.24) is 15.6 Å². The van der Waals surface area contributed by atoms with Gasteiger partial charge in [-0.05, 0) is 37.4 Å². The summed E-state index contributed by atoms with van der Waals surface area (Å²) in [4.78, 5) is 11.8. The number of hydrogen-bond acceptors (Lipinski definition) is 5. The first kappa shape index (κ1) is 21.9. The summed E-state index contributed by atoms with van der Waals surface area (Å²) in [5, 5.41) is 10.1. The zero-order valence-electron chi connectivity index (χ0n) is 15.5. The van der Waals surface area contributed by atoms with Gasteiger partial charge < -0.3 is 15.1 Å². The van der Waals surface area contributed by atoms with Crippen molar-refractivity contribution in [3.63, 3.8) is 0 Å². The smallest absolute Gasteiger partial charge is 0.191 e. The molecule has 3 heterocycles. The quantitative estimate of drug-likeness (QED) is 0.262. The molecule has 0 aromatic carbocycles. The maximum atomic E-state index is 5.38. The van der Waals surface area contributed by atoms with Crippen molar-refractivity contribution in [2.75, 3.05) is 13.1 Å². The predicted octanol–water partition coefficient (Wildman–Crippen LogP) is 4.55. The highest BCUT2D eigenvalue weighted by Crippen LogP contribution is 2.16. The van der Waals surface area contributed by atoms with Crippen LogP contribution in [0.2, 0.25) is 0 Å². The van der Waals surface area contributed by atoms with Gasteiger partial charge in [-0.1, -0.05) is 6.07 Å². The van der Waals surface area contributed by atoms with Crippen molar-refractivity contribution in [3.8, 4) is 0 Å². The van der Waals surface area contributed by atoms with Crippen LogP contribution in [-0.2, 0) is 19.4 Å². The lowest BCUT2D eigenvalue weighted by Crippen LogP contribution is -2.39. The Morgan fingerprint density at radius 1 is 1.15 bits per heavy atom. The van der Waals surface area contributed by atoms with E-state index in [0.29, 0.717) is 6.54 Å². The van der Waals surface area contributed by atoms with Gasteiger partial charge in [-0.25, -0.2) is 9.98 Å². The second-order valence-electron chi connectivity index (χ2n) is 5.93. The average molecular weight is 516 g/mol. The highest BCUT2D eigenvalue weighted by molar-refractivity contribution is 14.0. The first-order valence-corrected chi connectivity index (χ1v) is 10.4. The molecule has 0 aliphatic carbocycles. The Bertz CT molecular complexity index is 794. The number of furan rings is 1. The molecule has 8 heteroatoms. The average Bonchev–Trinajstić information content (AvgIpc) is 3.36. The lowest BCUT2D eigenvalue weighted by Gasteiger charge is -2.11. The summed E-state index contributed by atoms with van der Waals surface area (Å²) in [7, 11) is 0. The van der Waals surface area contributed by atoms with Crippen molar-refractivity contribution in [3.05, 3.63) is 62.1 Å². The zero-order valence-corrected chi connectivity index (χ0v) is 19.5. The van der Waals surface area contributed by atoms with E-state index in [1.165, 1.54) is 14.8 Å². The van der Waals surface area contributed by atoms with Crippen LogP contribution < -0.4 is 10.6 Å². The van der Waals surface area contributed by atoms with E-state index in [-0.39, 0.29) is 24.0 Å². The van der Waals surface area contributed by atoms with Gasteiger partial charge in [0.25, 0.3) is 0 Å². The summed E-state index contributed by atoms with van der Waals surface area (Å²) in [6, 6.07) is 8.07. The Hall–Kier alpha value is -1.39. The number of aliphatic imine (C=N–C) groups is 1. The largest absolute Gasteiger partial charge is 0.469 e. The summed E-state index contributed by atoms with van der Waals surface area (Å²) in [6.07, 6.45) is 3.44. The van der Waals surface area contributed by atoms with Gasteiger partial charge in [-0.2, -0.15) is 0 Å². The summed E-state index contributed by atoms with van der Waals surface area (Å²) >= 11 is 3.50. The number of nitrogens with zero attached hydrogens (tertiary/aromatic N) is 2. The molecule has 0 saturated carbocycles. The minimum Gasteiger partial charge on any atom is -0.469 e. The lowest BCUT2D eigenvalue weighted by atomic mass is 10.3. The van der Waals surface area contributed by atoms with Crippen molar-refractivity contribution < 1.29 is 4.42 Å².